The van der Waals surface area contributed by atoms with Gasteiger partial charge in [-0.15, -0.1) is 21.5 Å². The summed E-state index contributed by atoms with van der Waals surface area (Å²) in [5, 5.41) is 12.4. The summed E-state index contributed by atoms with van der Waals surface area (Å²) in [5.41, 5.74) is 1.36. The van der Waals surface area contributed by atoms with Gasteiger partial charge in [0.2, 0.25) is 5.43 Å². The molecule has 0 bridgehead atoms. The SMILES string of the molecule is CN1CCN(c2cc3c(=O)c(C(=O)NC4CC4)c4sc5ccccc5n4c3nn2)CC1. The zero-order valence-electron chi connectivity index (χ0n) is 17.2. The number of piperazine rings is 1. The van der Waals surface area contributed by atoms with Crippen LogP contribution in [0.25, 0.3) is 26.1 Å². The van der Waals surface area contributed by atoms with Crippen molar-refractivity contribution in [3.8, 4) is 0 Å². The van der Waals surface area contributed by atoms with Crippen molar-refractivity contribution in [2.75, 3.05) is 38.1 Å². The molecule has 4 heterocycles. The maximum Gasteiger partial charge on any atom is 0.258 e. The molecule has 31 heavy (non-hydrogen) atoms. The van der Waals surface area contributed by atoms with Crippen molar-refractivity contribution >= 4 is 49.1 Å². The van der Waals surface area contributed by atoms with Crippen molar-refractivity contribution in [3.63, 3.8) is 0 Å². The summed E-state index contributed by atoms with van der Waals surface area (Å²) in [4.78, 5) is 31.7. The van der Waals surface area contributed by atoms with Gasteiger partial charge in [0, 0.05) is 32.2 Å². The fraction of sp³-hybridized carbons (Fsp3) is 0.364. The molecule has 1 saturated carbocycles. The highest BCUT2D eigenvalue weighted by Gasteiger charge is 2.29. The van der Waals surface area contributed by atoms with E-state index in [0.29, 0.717) is 21.7 Å². The molecule has 0 spiro atoms. The van der Waals surface area contributed by atoms with Gasteiger partial charge in [-0.2, -0.15) is 0 Å². The summed E-state index contributed by atoms with van der Waals surface area (Å²) in [6.07, 6.45) is 1.94. The maximum atomic E-state index is 13.6. The number of thiazole rings is 1. The van der Waals surface area contributed by atoms with E-state index in [9.17, 15) is 9.59 Å². The lowest BCUT2D eigenvalue weighted by Crippen LogP contribution is -2.45. The minimum atomic E-state index is -0.295. The average molecular weight is 435 g/mol. The molecule has 1 N–H and O–H groups in total. The predicted molar refractivity (Wildman–Crippen MR) is 122 cm³/mol. The molecular formula is C22H22N6O2S. The third-order valence-corrected chi connectivity index (χ3v) is 7.29. The Morgan fingerprint density at radius 2 is 1.90 bits per heavy atom. The number of amides is 1. The molecule has 8 nitrogen and oxygen atoms in total. The number of nitrogens with one attached hydrogen (secondary N) is 1. The first kappa shape index (κ1) is 18.7. The number of benzene rings is 1. The molecule has 0 radical (unpaired) electrons. The van der Waals surface area contributed by atoms with E-state index in [1.54, 1.807) is 0 Å². The predicted octanol–water partition coefficient (Wildman–Crippen LogP) is 2.10. The molecule has 158 valence electrons. The van der Waals surface area contributed by atoms with Gasteiger partial charge >= 0.3 is 0 Å². The van der Waals surface area contributed by atoms with Gasteiger partial charge in [0.1, 0.15) is 10.4 Å². The van der Waals surface area contributed by atoms with E-state index < -0.39 is 0 Å². The number of pyridine rings is 1. The Morgan fingerprint density at radius 1 is 1.13 bits per heavy atom. The van der Waals surface area contributed by atoms with Crippen LogP contribution in [-0.2, 0) is 0 Å². The third-order valence-electron chi connectivity index (χ3n) is 6.14. The number of rotatable bonds is 3. The molecular weight excluding hydrogens is 412 g/mol. The fourth-order valence-electron chi connectivity index (χ4n) is 4.18. The minimum absolute atomic E-state index is 0.175. The Labute approximate surface area is 182 Å². The monoisotopic (exact) mass is 434 g/mol. The first-order valence-electron chi connectivity index (χ1n) is 10.6. The van der Waals surface area contributed by atoms with Crippen molar-refractivity contribution in [1.29, 1.82) is 0 Å². The molecule has 2 fully saturated rings. The number of para-hydroxylation sites is 1. The molecule has 1 amide bonds. The van der Waals surface area contributed by atoms with Gasteiger partial charge in [-0.25, -0.2) is 0 Å². The molecule has 0 atom stereocenters. The summed E-state index contributed by atoms with van der Waals surface area (Å²) < 4.78 is 2.92. The maximum absolute atomic E-state index is 13.6. The van der Waals surface area contributed by atoms with Crippen molar-refractivity contribution in [1.82, 2.24) is 24.8 Å². The Bertz CT molecular complexity index is 1400. The summed E-state index contributed by atoms with van der Waals surface area (Å²) in [5.74, 6) is 0.391. The van der Waals surface area contributed by atoms with Crippen molar-refractivity contribution in [2.45, 2.75) is 18.9 Å². The van der Waals surface area contributed by atoms with E-state index in [1.165, 1.54) is 11.3 Å². The highest BCUT2D eigenvalue weighted by atomic mass is 32.1. The molecule has 4 aromatic rings. The minimum Gasteiger partial charge on any atom is -0.353 e. The van der Waals surface area contributed by atoms with E-state index in [0.717, 1.165) is 49.2 Å². The highest BCUT2D eigenvalue weighted by Crippen LogP contribution is 2.31. The number of fused-ring (bicyclic) bond motifs is 5. The summed E-state index contributed by atoms with van der Waals surface area (Å²) in [6, 6.07) is 9.88. The summed E-state index contributed by atoms with van der Waals surface area (Å²) in [7, 11) is 2.10. The number of hydrogen-bond donors (Lipinski definition) is 1. The molecule has 0 unspecified atom stereocenters. The van der Waals surface area contributed by atoms with Crippen LogP contribution in [0.2, 0.25) is 0 Å². The quantitative estimate of drug-likeness (QED) is 0.532. The molecule has 2 aliphatic rings. The lowest BCUT2D eigenvalue weighted by atomic mass is 10.1. The number of aromatic nitrogens is 3. The number of carbonyl (C=O) groups is 1. The van der Waals surface area contributed by atoms with Crippen LogP contribution in [0.4, 0.5) is 5.82 Å². The van der Waals surface area contributed by atoms with Crippen LogP contribution in [0.1, 0.15) is 23.2 Å². The number of carbonyl (C=O) groups excluding carboxylic acids is 1. The average Bonchev–Trinajstić information content (AvgIpc) is 3.51. The van der Waals surface area contributed by atoms with Gasteiger partial charge in [0.15, 0.2) is 11.5 Å². The van der Waals surface area contributed by atoms with Gasteiger partial charge in [-0.3, -0.25) is 14.0 Å². The lowest BCUT2D eigenvalue weighted by Gasteiger charge is -2.32. The zero-order chi connectivity index (χ0) is 21.1. The number of anilines is 1. The Balaban J connectivity index is 1.61. The molecule has 6 rings (SSSR count). The zero-order valence-corrected chi connectivity index (χ0v) is 18.0. The van der Waals surface area contributed by atoms with Gasteiger partial charge in [0.05, 0.1) is 15.6 Å². The van der Waals surface area contributed by atoms with Crippen LogP contribution in [0.5, 0.6) is 0 Å². The first-order chi connectivity index (χ1) is 15.1. The van der Waals surface area contributed by atoms with Crippen LogP contribution in [-0.4, -0.2) is 64.7 Å². The van der Waals surface area contributed by atoms with Crippen LogP contribution in [0, 0.1) is 0 Å². The van der Waals surface area contributed by atoms with E-state index in [2.05, 4.69) is 32.4 Å². The highest BCUT2D eigenvalue weighted by molar-refractivity contribution is 7.24. The molecule has 1 aliphatic heterocycles. The second-order valence-corrected chi connectivity index (χ2v) is 9.42. The normalized spacial score (nSPS) is 17.6. The molecule has 3 aromatic heterocycles. The molecule has 1 aliphatic carbocycles. The second-order valence-electron chi connectivity index (χ2n) is 8.39. The molecule has 1 saturated heterocycles. The van der Waals surface area contributed by atoms with Crippen molar-refractivity contribution in [3.05, 3.63) is 46.1 Å². The Hall–Kier alpha value is -3.04. The number of likely N-dealkylation sites (N-methyl/N-ethyl adjacent to an activating group) is 1. The number of hydrogen-bond acceptors (Lipinski definition) is 7. The lowest BCUT2D eigenvalue weighted by molar-refractivity contribution is 0.0951. The first-order valence-corrected chi connectivity index (χ1v) is 11.4. The van der Waals surface area contributed by atoms with Crippen LogP contribution in [0.3, 0.4) is 0 Å². The van der Waals surface area contributed by atoms with Gasteiger partial charge < -0.3 is 15.1 Å². The second kappa shape index (κ2) is 7.00. The van der Waals surface area contributed by atoms with Crippen molar-refractivity contribution in [2.24, 2.45) is 0 Å². The Kier molecular flexibility index (Phi) is 4.22. The topological polar surface area (TPSA) is 82.8 Å². The van der Waals surface area contributed by atoms with E-state index >= 15 is 0 Å². The smallest absolute Gasteiger partial charge is 0.258 e. The van der Waals surface area contributed by atoms with Crippen molar-refractivity contribution < 1.29 is 4.79 Å². The third kappa shape index (κ3) is 3.07. The van der Waals surface area contributed by atoms with E-state index in [1.807, 2.05) is 34.7 Å². The van der Waals surface area contributed by atoms with Crippen LogP contribution in [0.15, 0.2) is 35.1 Å². The Morgan fingerprint density at radius 3 is 2.68 bits per heavy atom. The summed E-state index contributed by atoms with van der Waals surface area (Å²) in [6.45, 7) is 3.53. The fourth-order valence-corrected chi connectivity index (χ4v) is 5.36. The standard InChI is InChI=1S/C22H22N6O2S/c1-26-8-10-27(11-9-26)17-12-14-19(29)18(21(30)23-13-6-7-13)22-28(20(14)25-24-17)15-4-2-3-5-16(15)31-22/h2-5,12-13H,6-11H2,1H3,(H,23,30). The summed E-state index contributed by atoms with van der Waals surface area (Å²) >= 11 is 1.44. The largest absolute Gasteiger partial charge is 0.353 e. The van der Waals surface area contributed by atoms with Gasteiger partial charge in [0.25, 0.3) is 5.91 Å². The van der Waals surface area contributed by atoms with Crippen LogP contribution < -0.4 is 15.6 Å². The van der Waals surface area contributed by atoms with Crippen LogP contribution >= 0.6 is 11.3 Å². The van der Waals surface area contributed by atoms with E-state index in [-0.39, 0.29) is 22.9 Å². The molecule has 1 aromatic carbocycles. The van der Waals surface area contributed by atoms with E-state index in [4.69, 9.17) is 0 Å². The van der Waals surface area contributed by atoms with Gasteiger partial charge in [-0.05, 0) is 38.1 Å². The number of nitrogens with zero attached hydrogens (tertiary/aromatic N) is 5. The molecule has 9 heteroatoms. The van der Waals surface area contributed by atoms with Gasteiger partial charge in [-0.1, -0.05) is 12.1 Å².